The minimum absolute atomic E-state index is 0.0194. The Morgan fingerprint density at radius 3 is 2.82 bits per heavy atom. The van der Waals surface area contributed by atoms with Crippen molar-refractivity contribution in [2.75, 3.05) is 11.9 Å². The SMILES string of the molecule is C=CCn1c2ccccc2c2nnc(SC(CC)C(=O)Nc3nnc(CC(=O)OCC)s3)nc21. The number of esters is 1. The summed E-state index contributed by atoms with van der Waals surface area (Å²) in [5.41, 5.74) is 2.41. The van der Waals surface area contributed by atoms with Crippen LogP contribution < -0.4 is 5.32 Å². The number of benzene rings is 1. The van der Waals surface area contributed by atoms with Crippen LogP contribution in [0, 0.1) is 0 Å². The predicted octanol–water partition coefficient (Wildman–Crippen LogP) is 3.63. The highest BCUT2D eigenvalue weighted by molar-refractivity contribution is 8.00. The summed E-state index contributed by atoms with van der Waals surface area (Å²) in [6.07, 6.45) is 2.37. The first-order valence-electron chi connectivity index (χ1n) is 10.7. The average molecular weight is 498 g/mol. The van der Waals surface area contributed by atoms with E-state index in [9.17, 15) is 9.59 Å². The van der Waals surface area contributed by atoms with Crippen LogP contribution in [0.2, 0.25) is 0 Å². The third-order valence-corrected chi connectivity index (χ3v) is 6.93. The largest absolute Gasteiger partial charge is 0.466 e. The van der Waals surface area contributed by atoms with Gasteiger partial charge in [0.15, 0.2) is 5.65 Å². The van der Waals surface area contributed by atoms with Crippen molar-refractivity contribution in [1.29, 1.82) is 0 Å². The van der Waals surface area contributed by atoms with Gasteiger partial charge in [0.1, 0.15) is 10.5 Å². The van der Waals surface area contributed by atoms with E-state index in [1.54, 1.807) is 13.0 Å². The molecule has 3 heterocycles. The zero-order valence-electron chi connectivity index (χ0n) is 18.7. The van der Waals surface area contributed by atoms with Crippen LogP contribution in [0.4, 0.5) is 5.13 Å². The van der Waals surface area contributed by atoms with E-state index >= 15 is 0 Å². The van der Waals surface area contributed by atoms with E-state index in [1.165, 1.54) is 11.8 Å². The van der Waals surface area contributed by atoms with Crippen LogP contribution >= 0.6 is 23.1 Å². The number of anilines is 1. The number of carbonyl (C=O) groups is 2. The van der Waals surface area contributed by atoms with Gasteiger partial charge in [-0.15, -0.1) is 27.0 Å². The highest BCUT2D eigenvalue weighted by Gasteiger charge is 2.23. The number of para-hydroxylation sites is 1. The Morgan fingerprint density at radius 2 is 2.06 bits per heavy atom. The van der Waals surface area contributed by atoms with Gasteiger partial charge in [0.05, 0.1) is 23.8 Å². The number of carbonyl (C=O) groups excluding carboxylic acids is 2. The molecular formula is C22H23N7O3S2. The molecule has 1 unspecified atom stereocenters. The number of allylic oxidation sites excluding steroid dienone is 1. The van der Waals surface area contributed by atoms with E-state index in [0.717, 1.165) is 22.2 Å². The highest BCUT2D eigenvalue weighted by atomic mass is 32.2. The van der Waals surface area contributed by atoms with E-state index in [0.29, 0.717) is 46.0 Å². The molecule has 3 aromatic heterocycles. The van der Waals surface area contributed by atoms with Crippen molar-refractivity contribution in [3.05, 3.63) is 41.9 Å². The lowest BCUT2D eigenvalue weighted by atomic mass is 10.2. The molecule has 0 fully saturated rings. The summed E-state index contributed by atoms with van der Waals surface area (Å²) >= 11 is 2.38. The van der Waals surface area contributed by atoms with Crippen LogP contribution in [-0.4, -0.2) is 53.7 Å². The van der Waals surface area contributed by atoms with Gasteiger partial charge in [-0.3, -0.25) is 14.9 Å². The van der Waals surface area contributed by atoms with Crippen LogP contribution in [0.25, 0.3) is 22.1 Å². The molecule has 1 amide bonds. The molecule has 0 aliphatic carbocycles. The first-order valence-corrected chi connectivity index (χ1v) is 12.4. The van der Waals surface area contributed by atoms with Gasteiger partial charge >= 0.3 is 5.97 Å². The molecule has 34 heavy (non-hydrogen) atoms. The number of hydrogen-bond acceptors (Lipinski definition) is 10. The molecule has 10 nitrogen and oxygen atoms in total. The number of nitrogens with zero attached hydrogens (tertiary/aromatic N) is 6. The molecule has 12 heteroatoms. The number of rotatable bonds is 10. The third kappa shape index (κ3) is 5.07. The summed E-state index contributed by atoms with van der Waals surface area (Å²) in [6, 6.07) is 7.91. The lowest BCUT2D eigenvalue weighted by Crippen LogP contribution is -2.24. The van der Waals surface area contributed by atoms with Crippen LogP contribution in [-0.2, 0) is 27.3 Å². The Bertz CT molecular complexity index is 1350. The van der Waals surface area contributed by atoms with E-state index in [1.807, 2.05) is 35.8 Å². The maximum atomic E-state index is 12.9. The smallest absolute Gasteiger partial charge is 0.312 e. The Hall–Kier alpha value is -3.38. The van der Waals surface area contributed by atoms with Crippen LogP contribution in [0.15, 0.2) is 42.1 Å². The van der Waals surface area contributed by atoms with E-state index in [-0.39, 0.29) is 18.3 Å². The molecule has 0 radical (unpaired) electrons. The number of nitrogens with one attached hydrogen (secondary N) is 1. The fourth-order valence-corrected chi connectivity index (χ4v) is 4.94. The summed E-state index contributed by atoms with van der Waals surface area (Å²) < 4.78 is 6.95. The molecule has 0 aliphatic heterocycles. The Balaban J connectivity index is 1.51. The fourth-order valence-electron chi connectivity index (χ4n) is 3.40. The van der Waals surface area contributed by atoms with Gasteiger partial charge in [0.2, 0.25) is 16.2 Å². The standard InChI is InChI=1S/C22H23N7O3S2/c1-4-11-29-14-10-8-7-9-13(14)18-19(29)23-21(28-26-18)33-15(5-2)20(31)24-22-27-25-16(34-22)12-17(30)32-6-3/h4,7-10,15H,1,5-6,11-12H2,2-3H3,(H,24,27,31). The van der Waals surface area contributed by atoms with Gasteiger partial charge in [-0.1, -0.05) is 54.3 Å². The maximum Gasteiger partial charge on any atom is 0.312 e. The molecule has 0 saturated heterocycles. The molecule has 0 saturated carbocycles. The lowest BCUT2D eigenvalue weighted by Gasteiger charge is -2.12. The van der Waals surface area contributed by atoms with Gasteiger partial charge in [0, 0.05) is 11.9 Å². The Labute approximate surface area is 203 Å². The monoisotopic (exact) mass is 497 g/mol. The van der Waals surface area contributed by atoms with Crippen LogP contribution in [0.1, 0.15) is 25.3 Å². The van der Waals surface area contributed by atoms with Gasteiger partial charge in [-0.2, -0.15) is 0 Å². The first-order chi connectivity index (χ1) is 16.5. The minimum atomic E-state index is -0.464. The third-order valence-electron chi connectivity index (χ3n) is 4.87. The number of hydrogen-bond donors (Lipinski definition) is 1. The summed E-state index contributed by atoms with van der Waals surface area (Å²) in [5.74, 6) is -0.630. The van der Waals surface area contributed by atoms with Crippen LogP contribution in [0.3, 0.4) is 0 Å². The summed E-state index contributed by atoms with van der Waals surface area (Å²) in [5, 5.41) is 21.0. The van der Waals surface area contributed by atoms with Gasteiger partial charge in [-0.05, 0) is 19.4 Å². The topological polar surface area (TPSA) is 125 Å². The van der Waals surface area contributed by atoms with E-state index in [4.69, 9.17) is 9.72 Å². The molecule has 0 aliphatic rings. The number of ether oxygens (including phenoxy) is 1. The summed E-state index contributed by atoms with van der Waals surface area (Å²) in [4.78, 5) is 29.2. The molecule has 4 rings (SSSR count). The highest BCUT2D eigenvalue weighted by Crippen LogP contribution is 2.29. The molecule has 1 aromatic carbocycles. The second-order valence-corrected chi connectivity index (χ2v) is 9.40. The Kier molecular flexibility index (Phi) is 7.48. The molecule has 1 atom stereocenters. The minimum Gasteiger partial charge on any atom is -0.466 e. The molecular weight excluding hydrogens is 474 g/mol. The Morgan fingerprint density at radius 1 is 1.24 bits per heavy atom. The average Bonchev–Trinajstić information content (AvgIpc) is 3.39. The van der Waals surface area contributed by atoms with Crippen molar-refractivity contribution in [3.63, 3.8) is 0 Å². The van der Waals surface area contributed by atoms with Gasteiger partial charge in [0.25, 0.3) is 0 Å². The number of amides is 1. The second kappa shape index (κ2) is 10.7. The van der Waals surface area contributed by atoms with Crippen molar-refractivity contribution in [1.82, 2.24) is 29.9 Å². The fraction of sp³-hybridized carbons (Fsp3) is 0.318. The predicted molar refractivity (Wildman–Crippen MR) is 132 cm³/mol. The zero-order chi connectivity index (χ0) is 24.1. The normalized spacial score (nSPS) is 12.1. The van der Waals surface area contributed by atoms with Crippen molar-refractivity contribution < 1.29 is 14.3 Å². The second-order valence-electron chi connectivity index (χ2n) is 7.17. The van der Waals surface area contributed by atoms with Crippen molar-refractivity contribution in [2.45, 2.75) is 43.6 Å². The molecule has 1 N–H and O–H groups in total. The number of thioether (sulfide) groups is 1. The van der Waals surface area contributed by atoms with Crippen molar-refractivity contribution >= 4 is 62.2 Å². The first kappa shape index (κ1) is 23.8. The van der Waals surface area contributed by atoms with Gasteiger partial charge in [-0.25, -0.2) is 4.98 Å². The van der Waals surface area contributed by atoms with E-state index in [2.05, 4.69) is 32.3 Å². The number of aromatic nitrogens is 6. The number of fused-ring (bicyclic) bond motifs is 3. The lowest BCUT2D eigenvalue weighted by molar-refractivity contribution is -0.142. The van der Waals surface area contributed by atoms with E-state index < -0.39 is 5.25 Å². The van der Waals surface area contributed by atoms with Crippen molar-refractivity contribution in [3.8, 4) is 0 Å². The molecule has 4 aromatic rings. The van der Waals surface area contributed by atoms with Crippen molar-refractivity contribution in [2.24, 2.45) is 0 Å². The zero-order valence-corrected chi connectivity index (χ0v) is 20.4. The van der Waals surface area contributed by atoms with Gasteiger partial charge < -0.3 is 9.30 Å². The molecule has 176 valence electrons. The quantitative estimate of drug-likeness (QED) is 0.199. The van der Waals surface area contributed by atoms with Crippen LogP contribution in [0.5, 0.6) is 0 Å². The summed E-state index contributed by atoms with van der Waals surface area (Å²) in [7, 11) is 0. The molecule has 0 bridgehead atoms. The maximum absolute atomic E-state index is 12.9. The summed E-state index contributed by atoms with van der Waals surface area (Å²) in [6.45, 7) is 8.37. The molecule has 0 spiro atoms.